The summed E-state index contributed by atoms with van der Waals surface area (Å²) in [6.07, 6.45) is 0. The molecule has 1 aromatic heterocycles. The summed E-state index contributed by atoms with van der Waals surface area (Å²) in [5, 5.41) is 8.13. The van der Waals surface area contributed by atoms with E-state index in [2.05, 4.69) is 35.6 Å². The zero-order chi connectivity index (χ0) is 16.2. The molecule has 0 radical (unpaired) electrons. The molecule has 0 aliphatic rings. The van der Waals surface area contributed by atoms with Crippen molar-refractivity contribution in [1.82, 2.24) is 9.78 Å². The van der Waals surface area contributed by atoms with Crippen molar-refractivity contribution in [2.45, 2.75) is 0 Å². The van der Waals surface area contributed by atoms with Gasteiger partial charge in [-0.25, -0.2) is 4.68 Å². The highest BCUT2D eigenvalue weighted by Gasteiger charge is 2.11. The largest absolute Gasteiger partial charge is 0.339 e. The highest BCUT2D eigenvalue weighted by Crippen LogP contribution is 2.27. The molecule has 1 heterocycles. The van der Waals surface area contributed by atoms with E-state index in [0.29, 0.717) is 0 Å². The molecule has 0 aliphatic heterocycles. The van der Waals surface area contributed by atoms with Crippen molar-refractivity contribution in [3.05, 3.63) is 97.1 Å². The molecule has 116 valence electrons. The van der Waals surface area contributed by atoms with E-state index in [1.165, 1.54) is 0 Å². The first-order valence-electron chi connectivity index (χ1n) is 7.93. The number of rotatable bonds is 4. The minimum absolute atomic E-state index is 0.823. The highest BCUT2D eigenvalue weighted by molar-refractivity contribution is 5.68. The molecule has 4 aromatic rings. The van der Waals surface area contributed by atoms with Crippen LogP contribution in [0.25, 0.3) is 16.9 Å². The van der Waals surface area contributed by atoms with Crippen LogP contribution in [0.3, 0.4) is 0 Å². The molecule has 3 heteroatoms. The van der Waals surface area contributed by atoms with Crippen LogP contribution < -0.4 is 5.32 Å². The number of hydrogen-bond acceptors (Lipinski definition) is 2. The van der Waals surface area contributed by atoms with Gasteiger partial charge in [0.1, 0.15) is 0 Å². The van der Waals surface area contributed by atoms with Crippen molar-refractivity contribution < 1.29 is 0 Å². The molecule has 0 bridgehead atoms. The predicted molar refractivity (Wildman–Crippen MR) is 98.7 cm³/mol. The summed E-state index contributed by atoms with van der Waals surface area (Å²) < 4.78 is 1.97. The number of anilines is 2. The molecule has 0 saturated heterocycles. The third-order valence-electron chi connectivity index (χ3n) is 3.83. The molecule has 0 aliphatic carbocycles. The van der Waals surface area contributed by atoms with E-state index in [9.17, 15) is 0 Å². The van der Waals surface area contributed by atoms with E-state index in [-0.39, 0.29) is 0 Å². The number of hydrogen-bond donors (Lipinski definition) is 1. The van der Waals surface area contributed by atoms with Crippen LogP contribution in [0.1, 0.15) is 0 Å². The Morgan fingerprint density at radius 2 is 1.25 bits per heavy atom. The first-order chi connectivity index (χ1) is 11.9. The fraction of sp³-hybridized carbons (Fsp3) is 0. The van der Waals surface area contributed by atoms with Crippen LogP contribution in [0.4, 0.5) is 11.5 Å². The molecule has 3 aromatic carbocycles. The van der Waals surface area contributed by atoms with Crippen molar-refractivity contribution in [1.29, 1.82) is 0 Å². The van der Waals surface area contributed by atoms with Gasteiger partial charge >= 0.3 is 0 Å². The fourth-order valence-electron chi connectivity index (χ4n) is 2.69. The maximum Gasteiger partial charge on any atom is 0.153 e. The lowest BCUT2D eigenvalue weighted by Gasteiger charge is -2.07. The Labute approximate surface area is 141 Å². The molecule has 0 amide bonds. The van der Waals surface area contributed by atoms with Gasteiger partial charge in [-0.1, -0.05) is 66.7 Å². The monoisotopic (exact) mass is 311 g/mol. The van der Waals surface area contributed by atoms with Crippen molar-refractivity contribution in [3.63, 3.8) is 0 Å². The van der Waals surface area contributed by atoms with E-state index >= 15 is 0 Å². The summed E-state index contributed by atoms with van der Waals surface area (Å²) in [7, 11) is 0. The van der Waals surface area contributed by atoms with Gasteiger partial charge in [-0.2, -0.15) is 0 Å². The molecule has 4 rings (SSSR count). The summed E-state index contributed by atoms with van der Waals surface area (Å²) in [5.74, 6) is 0.823. The average Bonchev–Trinajstić information content (AvgIpc) is 3.08. The number of benzene rings is 3. The lowest BCUT2D eigenvalue weighted by molar-refractivity contribution is 0.892. The van der Waals surface area contributed by atoms with Gasteiger partial charge in [-0.3, -0.25) is 0 Å². The van der Waals surface area contributed by atoms with Crippen LogP contribution in [0.2, 0.25) is 0 Å². The minimum atomic E-state index is 0.823. The van der Waals surface area contributed by atoms with Crippen molar-refractivity contribution in [2.75, 3.05) is 5.32 Å². The molecule has 0 saturated carbocycles. The molecule has 0 spiro atoms. The summed E-state index contributed by atoms with van der Waals surface area (Å²) in [4.78, 5) is 0. The van der Waals surface area contributed by atoms with Gasteiger partial charge in [0.25, 0.3) is 0 Å². The molecular weight excluding hydrogens is 294 g/mol. The first kappa shape index (κ1) is 14.3. The van der Waals surface area contributed by atoms with Crippen molar-refractivity contribution >= 4 is 11.5 Å². The molecule has 0 atom stereocenters. The van der Waals surface area contributed by atoms with E-state index in [1.807, 2.05) is 71.4 Å². The standard InChI is InChI=1S/C21H17N3/c1-4-10-17(11-5-1)20-16-21(22-18-12-6-2-7-13-18)23-24(20)19-14-8-3-9-15-19/h1-16H,(H,22,23). The highest BCUT2D eigenvalue weighted by atomic mass is 15.3. The summed E-state index contributed by atoms with van der Waals surface area (Å²) in [6.45, 7) is 0. The van der Waals surface area contributed by atoms with Gasteiger partial charge in [0.2, 0.25) is 0 Å². The third-order valence-corrected chi connectivity index (χ3v) is 3.83. The van der Waals surface area contributed by atoms with E-state index in [0.717, 1.165) is 28.5 Å². The maximum absolute atomic E-state index is 4.76. The van der Waals surface area contributed by atoms with Gasteiger partial charge in [0.05, 0.1) is 11.4 Å². The van der Waals surface area contributed by atoms with Crippen LogP contribution >= 0.6 is 0 Å². The number of aromatic nitrogens is 2. The van der Waals surface area contributed by atoms with E-state index < -0.39 is 0 Å². The Balaban J connectivity index is 1.79. The van der Waals surface area contributed by atoms with Crippen molar-refractivity contribution in [2.24, 2.45) is 0 Å². The predicted octanol–water partition coefficient (Wildman–Crippen LogP) is 5.28. The van der Waals surface area contributed by atoms with E-state index in [4.69, 9.17) is 5.10 Å². The Morgan fingerprint density at radius 3 is 1.92 bits per heavy atom. The van der Waals surface area contributed by atoms with Crippen LogP contribution in [0, 0.1) is 0 Å². The molecular formula is C21H17N3. The third kappa shape index (κ3) is 2.92. The van der Waals surface area contributed by atoms with Gasteiger partial charge in [0, 0.05) is 17.3 Å². The Bertz CT molecular complexity index is 856. The fourth-order valence-corrected chi connectivity index (χ4v) is 2.69. The van der Waals surface area contributed by atoms with Crippen molar-refractivity contribution in [3.8, 4) is 16.9 Å². The van der Waals surface area contributed by atoms with Crippen LogP contribution in [0.15, 0.2) is 97.1 Å². The lowest BCUT2D eigenvalue weighted by Crippen LogP contribution is -1.99. The Morgan fingerprint density at radius 1 is 0.667 bits per heavy atom. The van der Waals surface area contributed by atoms with Gasteiger partial charge in [0.15, 0.2) is 5.82 Å². The molecule has 1 N–H and O–H groups in total. The second-order valence-corrected chi connectivity index (χ2v) is 5.52. The number of para-hydroxylation sites is 2. The topological polar surface area (TPSA) is 29.9 Å². The molecule has 0 fully saturated rings. The Kier molecular flexibility index (Phi) is 3.82. The first-order valence-corrected chi connectivity index (χ1v) is 7.93. The SMILES string of the molecule is c1ccc(Nc2cc(-c3ccccc3)n(-c3ccccc3)n2)cc1. The summed E-state index contributed by atoms with van der Waals surface area (Å²) in [5.41, 5.74) is 4.25. The molecule has 3 nitrogen and oxygen atoms in total. The second-order valence-electron chi connectivity index (χ2n) is 5.52. The maximum atomic E-state index is 4.76. The molecule has 0 unspecified atom stereocenters. The number of nitrogens with one attached hydrogen (secondary N) is 1. The zero-order valence-corrected chi connectivity index (χ0v) is 13.1. The van der Waals surface area contributed by atoms with Gasteiger partial charge < -0.3 is 5.32 Å². The quantitative estimate of drug-likeness (QED) is 0.555. The normalized spacial score (nSPS) is 10.5. The summed E-state index contributed by atoms with van der Waals surface area (Å²) >= 11 is 0. The smallest absolute Gasteiger partial charge is 0.153 e. The Hall–Kier alpha value is -3.33. The average molecular weight is 311 g/mol. The van der Waals surface area contributed by atoms with E-state index in [1.54, 1.807) is 0 Å². The lowest BCUT2D eigenvalue weighted by atomic mass is 10.1. The van der Waals surface area contributed by atoms with Gasteiger partial charge in [-0.05, 0) is 24.3 Å². The van der Waals surface area contributed by atoms with Crippen LogP contribution in [-0.2, 0) is 0 Å². The minimum Gasteiger partial charge on any atom is -0.339 e. The van der Waals surface area contributed by atoms with Gasteiger partial charge in [-0.15, -0.1) is 5.10 Å². The van der Waals surface area contributed by atoms with Crippen LogP contribution in [0.5, 0.6) is 0 Å². The van der Waals surface area contributed by atoms with Crippen LogP contribution in [-0.4, -0.2) is 9.78 Å². The molecule has 24 heavy (non-hydrogen) atoms. The number of nitrogens with zero attached hydrogens (tertiary/aromatic N) is 2. The summed E-state index contributed by atoms with van der Waals surface area (Å²) in [6, 6.07) is 32.7. The zero-order valence-electron chi connectivity index (χ0n) is 13.1. The second kappa shape index (κ2) is 6.42.